The summed E-state index contributed by atoms with van der Waals surface area (Å²) in [6.45, 7) is 4.48. The summed E-state index contributed by atoms with van der Waals surface area (Å²) in [5.74, 6) is 0. The number of aromatic nitrogens is 1. The third-order valence-electron chi connectivity index (χ3n) is 1.69. The van der Waals surface area contributed by atoms with Crippen LogP contribution in [0.3, 0.4) is 0 Å². The van der Waals surface area contributed by atoms with Crippen LogP contribution in [0.4, 0.5) is 0 Å². The Hall–Kier alpha value is -0.450. The number of hydrogen-bond donors (Lipinski definition) is 2. The van der Waals surface area contributed by atoms with Gasteiger partial charge in [0.1, 0.15) is 0 Å². The topological polar surface area (TPSA) is 64.9 Å². The van der Waals surface area contributed by atoms with Gasteiger partial charge in [0.15, 0.2) is 0 Å². The molecule has 0 saturated heterocycles. The minimum atomic E-state index is -0.315. The van der Waals surface area contributed by atoms with Gasteiger partial charge in [-0.25, -0.2) is 4.98 Å². The van der Waals surface area contributed by atoms with Crippen LogP contribution in [-0.4, -0.2) is 17.1 Å². The van der Waals surface area contributed by atoms with E-state index in [9.17, 15) is 0 Å². The van der Waals surface area contributed by atoms with Gasteiger partial charge in [-0.1, -0.05) is 0 Å². The molecular weight excluding hydrogens is 170 g/mol. The zero-order valence-electron chi connectivity index (χ0n) is 7.50. The van der Waals surface area contributed by atoms with Crippen LogP contribution in [0.5, 0.6) is 0 Å². The molecule has 1 unspecified atom stereocenters. The molecule has 0 fully saturated rings. The molecule has 1 rings (SSSR count). The van der Waals surface area contributed by atoms with Crippen molar-refractivity contribution >= 4 is 11.3 Å². The highest BCUT2D eigenvalue weighted by Crippen LogP contribution is 2.15. The molecule has 4 N–H and O–H groups in total. The normalized spacial score (nSPS) is 16.0. The van der Waals surface area contributed by atoms with Gasteiger partial charge in [0.25, 0.3) is 0 Å². The van der Waals surface area contributed by atoms with Gasteiger partial charge in [-0.2, -0.15) is 0 Å². The fourth-order valence-corrected chi connectivity index (χ4v) is 1.89. The molecule has 0 saturated carbocycles. The van der Waals surface area contributed by atoms with Gasteiger partial charge >= 0.3 is 0 Å². The number of nitrogens with zero attached hydrogens (tertiary/aromatic N) is 1. The molecule has 0 amide bonds. The lowest BCUT2D eigenvalue weighted by Crippen LogP contribution is -2.45. The monoisotopic (exact) mass is 185 g/mol. The first-order valence-corrected chi connectivity index (χ1v) is 4.75. The van der Waals surface area contributed by atoms with E-state index >= 15 is 0 Å². The summed E-state index contributed by atoms with van der Waals surface area (Å²) in [7, 11) is 0. The molecule has 3 nitrogen and oxygen atoms in total. The van der Waals surface area contributed by atoms with Crippen molar-refractivity contribution in [2.75, 3.05) is 6.54 Å². The average Bonchev–Trinajstić information content (AvgIpc) is 2.35. The van der Waals surface area contributed by atoms with E-state index in [4.69, 9.17) is 11.5 Å². The molecule has 1 heterocycles. The molecule has 1 aromatic rings. The van der Waals surface area contributed by atoms with E-state index in [1.54, 1.807) is 11.3 Å². The van der Waals surface area contributed by atoms with Gasteiger partial charge in [0.05, 0.1) is 5.01 Å². The largest absolute Gasteiger partial charge is 0.329 e. The molecule has 4 heteroatoms. The summed E-state index contributed by atoms with van der Waals surface area (Å²) >= 11 is 1.68. The SMILES string of the molecule is Cc1cnc(CC(C)(N)CN)s1. The molecule has 0 aromatic carbocycles. The van der Waals surface area contributed by atoms with Crippen molar-refractivity contribution in [3.63, 3.8) is 0 Å². The predicted octanol–water partition coefficient (Wildman–Crippen LogP) is 0.670. The maximum atomic E-state index is 5.90. The fraction of sp³-hybridized carbons (Fsp3) is 0.625. The first-order valence-electron chi connectivity index (χ1n) is 3.94. The van der Waals surface area contributed by atoms with Crippen LogP contribution in [0, 0.1) is 6.92 Å². The second-order valence-corrected chi connectivity index (χ2v) is 4.72. The van der Waals surface area contributed by atoms with Crippen LogP contribution < -0.4 is 11.5 Å². The summed E-state index contributed by atoms with van der Waals surface area (Å²) < 4.78 is 0. The van der Waals surface area contributed by atoms with Crippen molar-refractivity contribution < 1.29 is 0 Å². The molecule has 0 aliphatic rings. The summed E-state index contributed by atoms with van der Waals surface area (Å²) in [6.07, 6.45) is 2.63. The molecule has 0 spiro atoms. The Labute approximate surface area is 76.8 Å². The van der Waals surface area contributed by atoms with Gasteiger partial charge in [-0.3, -0.25) is 0 Å². The Morgan fingerprint density at radius 3 is 2.75 bits per heavy atom. The Kier molecular flexibility index (Phi) is 2.82. The van der Waals surface area contributed by atoms with Crippen molar-refractivity contribution in [3.8, 4) is 0 Å². The zero-order chi connectivity index (χ0) is 9.19. The minimum Gasteiger partial charge on any atom is -0.329 e. The Morgan fingerprint density at radius 2 is 2.33 bits per heavy atom. The Balaban J connectivity index is 2.63. The maximum Gasteiger partial charge on any atom is 0.0946 e. The van der Waals surface area contributed by atoms with E-state index in [0.29, 0.717) is 6.54 Å². The van der Waals surface area contributed by atoms with Gasteiger partial charge in [0, 0.05) is 29.6 Å². The molecule has 1 aromatic heterocycles. The second kappa shape index (κ2) is 3.51. The van der Waals surface area contributed by atoms with E-state index in [-0.39, 0.29) is 5.54 Å². The Bertz CT molecular complexity index is 255. The quantitative estimate of drug-likeness (QED) is 0.727. The number of hydrogen-bond acceptors (Lipinski definition) is 4. The molecule has 12 heavy (non-hydrogen) atoms. The first-order chi connectivity index (χ1) is 5.53. The van der Waals surface area contributed by atoms with Crippen molar-refractivity contribution in [1.82, 2.24) is 4.98 Å². The van der Waals surface area contributed by atoms with Crippen LogP contribution in [0.2, 0.25) is 0 Å². The van der Waals surface area contributed by atoms with Gasteiger partial charge in [-0.05, 0) is 13.8 Å². The van der Waals surface area contributed by atoms with E-state index in [2.05, 4.69) is 4.98 Å². The number of thiazole rings is 1. The number of nitrogens with two attached hydrogens (primary N) is 2. The lowest BCUT2D eigenvalue weighted by molar-refractivity contribution is 0.476. The number of rotatable bonds is 3. The molecule has 0 radical (unpaired) electrons. The van der Waals surface area contributed by atoms with Crippen LogP contribution in [0.25, 0.3) is 0 Å². The third-order valence-corrected chi connectivity index (χ3v) is 2.60. The highest BCUT2D eigenvalue weighted by Gasteiger charge is 2.18. The van der Waals surface area contributed by atoms with Crippen LogP contribution in [0.1, 0.15) is 16.8 Å². The van der Waals surface area contributed by atoms with E-state index < -0.39 is 0 Å². The molecule has 0 aliphatic carbocycles. The lowest BCUT2D eigenvalue weighted by Gasteiger charge is -2.20. The van der Waals surface area contributed by atoms with Crippen LogP contribution in [-0.2, 0) is 6.42 Å². The predicted molar refractivity (Wildman–Crippen MR) is 52.2 cm³/mol. The zero-order valence-corrected chi connectivity index (χ0v) is 8.32. The lowest BCUT2D eigenvalue weighted by atomic mass is 10.0. The van der Waals surface area contributed by atoms with Crippen molar-refractivity contribution in [3.05, 3.63) is 16.1 Å². The summed E-state index contributed by atoms with van der Waals surface area (Å²) in [5.41, 5.74) is 11.1. The summed E-state index contributed by atoms with van der Waals surface area (Å²) in [5, 5.41) is 1.07. The van der Waals surface area contributed by atoms with Crippen LogP contribution >= 0.6 is 11.3 Å². The standard InChI is InChI=1S/C8H15N3S/c1-6-4-11-7(12-6)3-8(2,10)5-9/h4H,3,5,9-10H2,1-2H3. The summed E-state index contributed by atoms with van der Waals surface area (Å²) in [6, 6.07) is 0. The second-order valence-electron chi connectivity index (χ2n) is 3.40. The summed E-state index contributed by atoms with van der Waals surface area (Å²) in [4.78, 5) is 5.45. The first kappa shape index (κ1) is 9.64. The van der Waals surface area contributed by atoms with Crippen molar-refractivity contribution in [2.24, 2.45) is 11.5 Å². The maximum absolute atomic E-state index is 5.90. The molecular formula is C8H15N3S. The fourth-order valence-electron chi connectivity index (χ4n) is 0.901. The highest BCUT2D eigenvalue weighted by molar-refractivity contribution is 7.11. The molecule has 1 atom stereocenters. The number of aryl methyl sites for hydroxylation is 1. The third kappa shape index (κ3) is 2.55. The van der Waals surface area contributed by atoms with E-state index in [1.807, 2.05) is 20.0 Å². The molecule has 0 bridgehead atoms. The van der Waals surface area contributed by atoms with Crippen LogP contribution in [0.15, 0.2) is 6.20 Å². The molecule has 68 valence electrons. The minimum absolute atomic E-state index is 0.315. The molecule has 0 aliphatic heterocycles. The van der Waals surface area contributed by atoms with E-state index in [0.717, 1.165) is 11.4 Å². The van der Waals surface area contributed by atoms with E-state index in [1.165, 1.54) is 4.88 Å². The highest BCUT2D eigenvalue weighted by atomic mass is 32.1. The Morgan fingerprint density at radius 1 is 1.67 bits per heavy atom. The van der Waals surface area contributed by atoms with Gasteiger partial charge in [-0.15, -0.1) is 11.3 Å². The van der Waals surface area contributed by atoms with Crippen molar-refractivity contribution in [1.29, 1.82) is 0 Å². The van der Waals surface area contributed by atoms with Gasteiger partial charge < -0.3 is 11.5 Å². The van der Waals surface area contributed by atoms with Gasteiger partial charge in [0.2, 0.25) is 0 Å². The van der Waals surface area contributed by atoms with Crippen molar-refractivity contribution in [2.45, 2.75) is 25.8 Å². The average molecular weight is 185 g/mol. The smallest absolute Gasteiger partial charge is 0.0946 e.